The number of ether oxygens (including phenoxy) is 9. The molecule has 0 saturated carbocycles. The van der Waals surface area contributed by atoms with Crippen LogP contribution in [0.25, 0.3) is 0 Å². The molecule has 0 saturated heterocycles. The Labute approximate surface area is 275 Å². The average Bonchev–Trinajstić information content (AvgIpc) is 3.05. The van der Waals surface area contributed by atoms with Crippen LogP contribution < -0.4 is 0 Å². The Morgan fingerprint density at radius 2 is 0.622 bits per heavy atom. The second-order valence-electron chi connectivity index (χ2n) is 10.9. The van der Waals surface area contributed by atoms with E-state index in [1.54, 1.807) is 0 Å². The molecule has 0 radical (unpaired) electrons. The maximum Gasteiger partial charge on any atom is 0.330 e. The maximum absolute atomic E-state index is 10.8. The number of hydrogen-bond donors (Lipinski definition) is 0. The lowest BCUT2D eigenvalue weighted by atomic mass is 10.0. The smallest absolute Gasteiger partial charge is 0.330 e. The first-order valence-corrected chi connectivity index (χ1v) is 17.7. The van der Waals surface area contributed by atoms with Gasteiger partial charge in [-0.1, -0.05) is 97.0 Å². The van der Waals surface area contributed by atoms with E-state index in [0.29, 0.717) is 99.1 Å². The minimum Gasteiger partial charge on any atom is -0.460 e. The molecule has 0 aliphatic carbocycles. The molecule has 0 fully saturated rings. The molecule has 0 atom stereocenters. The summed E-state index contributed by atoms with van der Waals surface area (Å²) in [6.07, 6.45) is 20.4. The van der Waals surface area contributed by atoms with Crippen LogP contribution in [0.4, 0.5) is 0 Å². The van der Waals surface area contributed by atoms with Gasteiger partial charge < -0.3 is 42.6 Å². The van der Waals surface area contributed by atoms with Crippen LogP contribution in [0.2, 0.25) is 0 Å². The highest BCUT2D eigenvalue weighted by atomic mass is 16.6. The Morgan fingerprint density at radius 3 is 0.911 bits per heavy atom. The fourth-order valence-corrected chi connectivity index (χ4v) is 4.30. The van der Waals surface area contributed by atoms with Crippen LogP contribution in [0, 0.1) is 0 Å². The number of carbonyl (C=O) groups excluding carboxylic acids is 1. The molecule has 0 aromatic carbocycles. The van der Waals surface area contributed by atoms with E-state index in [2.05, 4.69) is 13.5 Å². The second kappa shape index (κ2) is 40.9. The molecule has 0 amide bonds. The highest BCUT2D eigenvalue weighted by molar-refractivity contribution is 5.81. The van der Waals surface area contributed by atoms with Crippen LogP contribution in [0.15, 0.2) is 12.7 Å². The molecule has 0 unspecified atom stereocenters. The third-order valence-corrected chi connectivity index (χ3v) is 6.88. The van der Waals surface area contributed by atoms with Gasteiger partial charge in [-0.2, -0.15) is 0 Å². The van der Waals surface area contributed by atoms with Gasteiger partial charge in [0, 0.05) is 12.7 Å². The number of carbonyl (C=O) groups is 1. The SMILES string of the molecule is C=CC(=O)OCCOCCOCCOCCOCCOCCOCCOCCOCCCCCCCCCCCCCCCC. The molecule has 0 bridgehead atoms. The molecule has 10 nitrogen and oxygen atoms in total. The van der Waals surface area contributed by atoms with Crippen molar-refractivity contribution in [1.82, 2.24) is 0 Å². The summed E-state index contributed by atoms with van der Waals surface area (Å²) < 4.78 is 48.6. The average molecular weight is 649 g/mol. The second-order valence-corrected chi connectivity index (χ2v) is 10.9. The molecule has 0 N–H and O–H groups in total. The minimum atomic E-state index is -0.452. The van der Waals surface area contributed by atoms with Crippen molar-refractivity contribution >= 4 is 5.97 Å². The van der Waals surface area contributed by atoms with E-state index in [4.69, 9.17) is 42.6 Å². The van der Waals surface area contributed by atoms with Crippen molar-refractivity contribution in [2.24, 2.45) is 0 Å². The molecule has 0 aliphatic rings. The van der Waals surface area contributed by atoms with Gasteiger partial charge in [-0.3, -0.25) is 0 Å². The zero-order valence-electron chi connectivity index (χ0n) is 28.8. The molecule has 0 rings (SSSR count). The molecule has 268 valence electrons. The van der Waals surface area contributed by atoms with Crippen molar-refractivity contribution in [3.05, 3.63) is 12.7 Å². The van der Waals surface area contributed by atoms with E-state index in [0.717, 1.165) is 19.1 Å². The van der Waals surface area contributed by atoms with Crippen molar-refractivity contribution in [3.63, 3.8) is 0 Å². The molecule has 0 heterocycles. The first-order valence-electron chi connectivity index (χ1n) is 17.7. The van der Waals surface area contributed by atoms with Gasteiger partial charge in [-0.15, -0.1) is 0 Å². The molecular formula is C35H68O10. The first-order chi connectivity index (χ1) is 22.3. The Bertz CT molecular complexity index is 579. The van der Waals surface area contributed by atoms with Crippen molar-refractivity contribution in [2.75, 3.05) is 112 Å². The molecule has 45 heavy (non-hydrogen) atoms. The van der Waals surface area contributed by atoms with Crippen LogP contribution in [0.5, 0.6) is 0 Å². The molecule has 0 aromatic heterocycles. The normalized spacial score (nSPS) is 11.3. The number of rotatable bonds is 40. The zero-order valence-corrected chi connectivity index (χ0v) is 28.8. The lowest BCUT2D eigenvalue weighted by Gasteiger charge is -2.09. The summed E-state index contributed by atoms with van der Waals surface area (Å²) in [4.78, 5) is 10.8. The summed E-state index contributed by atoms with van der Waals surface area (Å²) in [5, 5.41) is 0. The summed E-state index contributed by atoms with van der Waals surface area (Å²) in [5.41, 5.74) is 0. The number of esters is 1. The van der Waals surface area contributed by atoms with E-state index in [1.165, 1.54) is 83.5 Å². The third-order valence-electron chi connectivity index (χ3n) is 6.88. The van der Waals surface area contributed by atoms with E-state index < -0.39 is 5.97 Å². The summed E-state index contributed by atoms with van der Waals surface area (Å²) in [6.45, 7) is 14.3. The van der Waals surface area contributed by atoms with Gasteiger partial charge in [0.2, 0.25) is 0 Å². The number of hydrogen-bond acceptors (Lipinski definition) is 10. The molecule has 0 spiro atoms. The Hall–Kier alpha value is -1.11. The first kappa shape index (κ1) is 43.9. The maximum atomic E-state index is 10.8. The number of unbranched alkanes of at least 4 members (excludes halogenated alkanes) is 13. The summed E-state index contributed by atoms with van der Waals surface area (Å²) >= 11 is 0. The van der Waals surface area contributed by atoms with Gasteiger partial charge in [0.15, 0.2) is 0 Å². The fourth-order valence-electron chi connectivity index (χ4n) is 4.30. The summed E-state index contributed by atoms with van der Waals surface area (Å²) in [7, 11) is 0. The topological polar surface area (TPSA) is 100 Å². The van der Waals surface area contributed by atoms with Crippen molar-refractivity contribution in [2.45, 2.75) is 96.8 Å². The van der Waals surface area contributed by atoms with E-state index in [-0.39, 0.29) is 6.61 Å². The third kappa shape index (κ3) is 40.9. The zero-order chi connectivity index (χ0) is 32.6. The standard InChI is InChI=1S/C35H68O10/c1-3-5-6-7-8-9-10-11-12-13-14-15-16-17-18-37-19-20-38-21-22-39-23-24-40-25-26-41-27-28-42-29-30-43-31-32-44-33-34-45-35(36)4-2/h4H,2-3,5-34H2,1H3. The van der Waals surface area contributed by atoms with E-state index in [9.17, 15) is 4.79 Å². The van der Waals surface area contributed by atoms with Crippen molar-refractivity contribution < 1.29 is 47.4 Å². The molecule has 10 heteroatoms. The summed E-state index contributed by atoms with van der Waals surface area (Å²) in [6, 6.07) is 0. The van der Waals surface area contributed by atoms with Gasteiger partial charge in [0.25, 0.3) is 0 Å². The molecular weight excluding hydrogens is 580 g/mol. The highest BCUT2D eigenvalue weighted by Crippen LogP contribution is 2.13. The van der Waals surface area contributed by atoms with E-state index in [1.807, 2.05) is 0 Å². The predicted molar refractivity (Wildman–Crippen MR) is 178 cm³/mol. The minimum absolute atomic E-state index is 0.207. The molecule has 0 aromatic rings. The van der Waals surface area contributed by atoms with Gasteiger partial charge in [0.1, 0.15) is 6.61 Å². The van der Waals surface area contributed by atoms with Gasteiger partial charge in [-0.05, 0) is 6.42 Å². The lowest BCUT2D eigenvalue weighted by Crippen LogP contribution is -2.15. The van der Waals surface area contributed by atoms with Gasteiger partial charge >= 0.3 is 5.97 Å². The van der Waals surface area contributed by atoms with Crippen LogP contribution in [0.3, 0.4) is 0 Å². The fraction of sp³-hybridized carbons (Fsp3) is 0.914. The quantitative estimate of drug-likeness (QED) is 0.0426. The van der Waals surface area contributed by atoms with Crippen LogP contribution in [-0.2, 0) is 47.4 Å². The largest absolute Gasteiger partial charge is 0.460 e. The van der Waals surface area contributed by atoms with Crippen LogP contribution in [0.1, 0.15) is 96.8 Å². The Balaban J connectivity index is 3.05. The predicted octanol–water partition coefficient (Wildman–Crippen LogP) is 6.33. The molecule has 0 aliphatic heterocycles. The Kier molecular flexibility index (Phi) is 39.9. The van der Waals surface area contributed by atoms with Crippen LogP contribution in [-0.4, -0.2) is 118 Å². The monoisotopic (exact) mass is 648 g/mol. The van der Waals surface area contributed by atoms with Crippen molar-refractivity contribution in [1.29, 1.82) is 0 Å². The van der Waals surface area contributed by atoms with Gasteiger partial charge in [-0.25, -0.2) is 4.79 Å². The van der Waals surface area contributed by atoms with Crippen LogP contribution >= 0.6 is 0 Å². The highest BCUT2D eigenvalue weighted by Gasteiger charge is 1.98. The Morgan fingerprint density at radius 1 is 0.378 bits per heavy atom. The van der Waals surface area contributed by atoms with E-state index >= 15 is 0 Å². The van der Waals surface area contributed by atoms with Gasteiger partial charge in [0.05, 0.1) is 99.1 Å². The summed E-state index contributed by atoms with van der Waals surface area (Å²) in [5.74, 6) is -0.452. The van der Waals surface area contributed by atoms with Crippen molar-refractivity contribution in [3.8, 4) is 0 Å². The lowest BCUT2D eigenvalue weighted by molar-refractivity contribution is -0.139.